The molecule has 0 bridgehead atoms. The van der Waals surface area contributed by atoms with Crippen molar-refractivity contribution in [3.05, 3.63) is 81.7 Å². The molecule has 3 rings (SSSR count). The zero-order valence-electron chi connectivity index (χ0n) is 16.6. The fourth-order valence-electron chi connectivity index (χ4n) is 2.69. The number of nitriles is 1. The van der Waals surface area contributed by atoms with E-state index in [-0.39, 0.29) is 11.3 Å². The van der Waals surface area contributed by atoms with Crippen molar-refractivity contribution in [1.29, 1.82) is 5.26 Å². The minimum atomic E-state index is -0.529. The van der Waals surface area contributed by atoms with Gasteiger partial charge < -0.3 is 9.88 Å². The third kappa shape index (κ3) is 5.77. The highest BCUT2D eigenvalue weighted by molar-refractivity contribution is 7.99. The van der Waals surface area contributed by atoms with Crippen molar-refractivity contribution in [2.45, 2.75) is 16.5 Å². The largest absolute Gasteiger partial charge is 0.351 e. The van der Waals surface area contributed by atoms with Crippen molar-refractivity contribution in [3.63, 3.8) is 0 Å². The molecule has 1 heterocycles. The maximum absolute atomic E-state index is 12.3. The Balaban J connectivity index is 1.74. The molecule has 0 unspecified atom stereocenters. The average Bonchev–Trinajstić information content (AvgIpc) is 3.17. The summed E-state index contributed by atoms with van der Waals surface area (Å²) in [5, 5.41) is 31.8. The quantitative estimate of drug-likeness (QED) is 0.250. The number of carbonyl (C=O) groups is 1. The van der Waals surface area contributed by atoms with Gasteiger partial charge in [0.25, 0.3) is 11.6 Å². The summed E-state index contributed by atoms with van der Waals surface area (Å²) in [6.45, 7) is 0.370. The first kappa shape index (κ1) is 21.7. The highest BCUT2D eigenvalue weighted by Gasteiger charge is 2.18. The maximum Gasteiger partial charge on any atom is 0.283 e. The lowest BCUT2D eigenvalue weighted by Gasteiger charge is -2.06. The van der Waals surface area contributed by atoms with Gasteiger partial charge in [-0.25, -0.2) is 0 Å². The Bertz CT molecular complexity index is 1170. The number of hydrogen-bond acceptors (Lipinski definition) is 7. The molecular weight excluding hydrogens is 416 g/mol. The Kier molecular flexibility index (Phi) is 7.13. The number of aryl methyl sites for hydroxylation is 1. The van der Waals surface area contributed by atoms with Gasteiger partial charge in [0.05, 0.1) is 9.82 Å². The molecule has 0 saturated heterocycles. The number of nitro groups is 1. The molecule has 0 fully saturated rings. The first-order chi connectivity index (χ1) is 15.0. The molecule has 0 spiro atoms. The SMILES string of the molecule is Cn1cnnc1Sc1ccc(C=C(C#N)C(=O)NCCc2ccccc2)cc1[N+](=O)[O-]. The second-order valence-electron chi connectivity index (χ2n) is 6.47. The third-order valence-corrected chi connectivity index (χ3v) is 5.39. The molecule has 0 radical (unpaired) electrons. The number of rotatable bonds is 8. The molecule has 156 valence electrons. The normalized spacial score (nSPS) is 11.0. The lowest BCUT2D eigenvalue weighted by Crippen LogP contribution is -2.26. The second-order valence-corrected chi connectivity index (χ2v) is 7.48. The van der Waals surface area contributed by atoms with E-state index in [4.69, 9.17) is 0 Å². The Morgan fingerprint density at radius 1 is 1.32 bits per heavy atom. The van der Waals surface area contributed by atoms with Crippen LogP contribution < -0.4 is 5.32 Å². The zero-order chi connectivity index (χ0) is 22.2. The van der Waals surface area contributed by atoms with Gasteiger partial charge in [-0.3, -0.25) is 14.9 Å². The van der Waals surface area contributed by atoms with Crippen LogP contribution in [0, 0.1) is 21.4 Å². The number of nitro benzene ring substituents is 1. The Morgan fingerprint density at radius 2 is 2.10 bits per heavy atom. The van der Waals surface area contributed by atoms with Gasteiger partial charge in [-0.2, -0.15) is 5.26 Å². The summed E-state index contributed by atoms with van der Waals surface area (Å²) in [4.78, 5) is 23.7. The molecule has 9 nitrogen and oxygen atoms in total. The summed E-state index contributed by atoms with van der Waals surface area (Å²) >= 11 is 1.11. The van der Waals surface area contributed by atoms with Crippen molar-refractivity contribution in [2.75, 3.05) is 6.54 Å². The van der Waals surface area contributed by atoms with Gasteiger partial charge in [-0.15, -0.1) is 10.2 Å². The van der Waals surface area contributed by atoms with E-state index in [1.54, 1.807) is 23.7 Å². The van der Waals surface area contributed by atoms with Crippen molar-refractivity contribution in [1.82, 2.24) is 20.1 Å². The number of aromatic nitrogens is 3. The Hall–Kier alpha value is -3.97. The summed E-state index contributed by atoms with van der Waals surface area (Å²) in [5.74, 6) is -0.529. The monoisotopic (exact) mass is 434 g/mol. The molecule has 10 heteroatoms. The van der Waals surface area contributed by atoms with Gasteiger partial charge in [0, 0.05) is 19.7 Å². The molecule has 0 saturated carbocycles. The topological polar surface area (TPSA) is 127 Å². The molecule has 0 aliphatic heterocycles. The van der Waals surface area contributed by atoms with Crippen molar-refractivity contribution >= 4 is 29.4 Å². The van der Waals surface area contributed by atoms with E-state index in [9.17, 15) is 20.2 Å². The van der Waals surface area contributed by atoms with E-state index in [1.807, 2.05) is 36.4 Å². The van der Waals surface area contributed by atoms with Gasteiger partial charge in [-0.05, 0) is 41.5 Å². The van der Waals surface area contributed by atoms with E-state index < -0.39 is 10.8 Å². The number of benzene rings is 2. The summed E-state index contributed by atoms with van der Waals surface area (Å²) < 4.78 is 1.65. The van der Waals surface area contributed by atoms with Crippen LogP contribution in [-0.4, -0.2) is 32.1 Å². The zero-order valence-corrected chi connectivity index (χ0v) is 17.4. The van der Waals surface area contributed by atoms with E-state index in [2.05, 4.69) is 15.5 Å². The van der Waals surface area contributed by atoms with Crippen LogP contribution in [-0.2, 0) is 18.3 Å². The summed E-state index contributed by atoms with van der Waals surface area (Å²) in [6.07, 6.45) is 3.47. The van der Waals surface area contributed by atoms with E-state index in [0.29, 0.717) is 28.6 Å². The lowest BCUT2D eigenvalue weighted by molar-refractivity contribution is -0.387. The van der Waals surface area contributed by atoms with Crippen molar-refractivity contribution < 1.29 is 9.72 Å². The highest BCUT2D eigenvalue weighted by atomic mass is 32.2. The van der Waals surface area contributed by atoms with Crippen LogP contribution >= 0.6 is 11.8 Å². The van der Waals surface area contributed by atoms with Crippen LogP contribution in [0.5, 0.6) is 0 Å². The second kappa shape index (κ2) is 10.2. The summed E-state index contributed by atoms with van der Waals surface area (Å²) in [7, 11) is 1.74. The van der Waals surface area contributed by atoms with Gasteiger partial charge in [0.2, 0.25) is 0 Å². The summed E-state index contributed by atoms with van der Waals surface area (Å²) in [6, 6.07) is 16.0. The van der Waals surface area contributed by atoms with Crippen LogP contribution in [0.25, 0.3) is 6.08 Å². The Labute approximate surface area is 182 Å². The maximum atomic E-state index is 12.3. The molecule has 3 aromatic rings. The van der Waals surface area contributed by atoms with Gasteiger partial charge in [-0.1, -0.05) is 36.4 Å². The smallest absolute Gasteiger partial charge is 0.283 e. The van der Waals surface area contributed by atoms with Gasteiger partial charge in [0.15, 0.2) is 5.16 Å². The number of nitrogens with one attached hydrogen (secondary N) is 1. The predicted octanol–water partition coefficient (Wildman–Crippen LogP) is 3.14. The van der Waals surface area contributed by atoms with Crippen molar-refractivity contribution in [3.8, 4) is 6.07 Å². The molecule has 0 atom stereocenters. The molecule has 1 amide bonds. The minimum Gasteiger partial charge on any atom is -0.351 e. The minimum absolute atomic E-state index is 0.129. The van der Waals surface area contributed by atoms with Gasteiger partial charge >= 0.3 is 0 Å². The van der Waals surface area contributed by atoms with Crippen LogP contribution in [0.1, 0.15) is 11.1 Å². The number of nitrogens with zero attached hydrogens (tertiary/aromatic N) is 5. The lowest BCUT2D eigenvalue weighted by atomic mass is 10.1. The first-order valence-corrected chi connectivity index (χ1v) is 10.0. The number of hydrogen-bond donors (Lipinski definition) is 1. The number of amides is 1. The highest BCUT2D eigenvalue weighted by Crippen LogP contribution is 2.34. The Morgan fingerprint density at radius 3 is 2.74 bits per heavy atom. The molecule has 2 aromatic carbocycles. The van der Waals surface area contributed by atoms with Gasteiger partial charge in [0.1, 0.15) is 18.0 Å². The van der Waals surface area contributed by atoms with Crippen LogP contribution in [0.3, 0.4) is 0 Å². The molecule has 0 aliphatic rings. The number of carbonyl (C=O) groups excluding carboxylic acids is 1. The van der Waals surface area contributed by atoms with E-state index >= 15 is 0 Å². The standard InChI is InChI=1S/C21H18N6O3S/c1-26-14-24-25-21(26)31-19-8-7-16(12-18(19)27(29)30)11-17(13-22)20(28)23-10-9-15-5-3-2-4-6-15/h2-8,11-12,14H,9-10H2,1H3,(H,23,28). The fraction of sp³-hybridized carbons (Fsp3) is 0.143. The van der Waals surface area contributed by atoms with E-state index in [0.717, 1.165) is 17.3 Å². The summed E-state index contributed by atoms with van der Waals surface area (Å²) in [5.41, 5.74) is 1.17. The molecule has 1 aromatic heterocycles. The van der Waals surface area contributed by atoms with Crippen LogP contribution in [0.2, 0.25) is 0 Å². The molecule has 0 aliphatic carbocycles. The predicted molar refractivity (Wildman–Crippen MR) is 115 cm³/mol. The molecule has 31 heavy (non-hydrogen) atoms. The first-order valence-electron chi connectivity index (χ1n) is 9.22. The average molecular weight is 434 g/mol. The fourth-order valence-corrected chi connectivity index (χ4v) is 3.54. The third-order valence-electron chi connectivity index (χ3n) is 4.27. The van der Waals surface area contributed by atoms with Crippen LogP contribution in [0.15, 0.2) is 70.5 Å². The van der Waals surface area contributed by atoms with Crippen molar-refractivity contribution in [2.24, 2.45) is 7.05 Å². The van der Waals surface area contributed by atoms with Crippen LogP contribution in [0.4, 0.5) is 5.69 Å². The molecular formula is C21H18N6O3S. The van der Waals surface area contributed by atoms with E-state index in [1.165, 1.54) is 18.5 Å². The molecule has 1 N–H and O–H groups in total.